The van der Waals surface area contributed by atoms with E-state index >= 15 is 0 Å². The van der Waals surface area contributed by atoms with Crippen molar-refractivity contribution in [2.45, 2.75) is 46.5 Å². The highest BCUT2D eigenvalue weighted by atomic mass is 32.1. The van der Waals surface area contributed by atoms with E-state index in [2.05, 4.69) is 28.7 Å². The molecule has 2 aromatic rings. The average Bonchev–Trinajstić information content (AvgIpc) is 2.96. The van der Waals surface area contributed by atoms with Gasteiger partial charge in [0.15, 0.2) is 0 Å². The Balaban J connectivity index is 1.94. The Labute approximate surface area is 154 Å². The maximum atomic E-state index is 12.8. The normalized spacial score (nSPS) is 15.8. The first-order chi connectivity index (χ1) is 12.0. The molecule has 25 heavy (non-hydrogen) atoms. The molecule has 0 saturated carbocycles. The Bertz CT molecular complexity index is 749. The van der Waals surface area contributed by atoms with Gasteiger partial charge in [0.1, 0.15) is 17.0 Å². The second-order valence-electron chi connectivity index (χ2n) is 7.18. The lowest BCUT2D eigenvalue weighted by Crippen LogP contribution is -2.33. The average molecular weight is 361 g/mol. The number of rotatable bonds is 5. The van der Waals surface area contributed by atoms with Crippen LogP contribution in [0.5, 0.6) is 0 Å². The summed E-state index contributed by atoms with van der Waals surface area (Å²) in [5.41, 5.74) is 1.03. The molecule has 1 aliphatic rings. The van der Waals surface area contributed by atoms with Crippen LogP contribution in [0.3, 0.4) is 0 Å². The van der Waals surface area contributed by atoms with Gasteiger partial charge in [-0.15, -0.1) is 11.3 Å². The highest BCUT2D eigenvalue weighted by Crippen LogP contribution is 2.36. The maximum absolute atomic E-state index is 12.8. The molecule has 0 atom stereocenters. The van der Waals surface area contributed by atoms with Gasteiger partial charge in [0.2, 0.25) is 0 Å². The summed E-state index contributed by atoms with van der Waals surface area (Å²) in [4.78, 5) is 27.8. The molecular formula is C19H28N4OS. The van der Waals surface area contributed by atoms with Crippen LogP contribution in [0.4, 0.5) is 5.82 Å². The zero-order valence-electron chi connectivity index (χ0n) is 15.7. The van der Waals surface area contributed by atoms with Crippen LogP contribution in [0.15, 0.2) is 6.33 Å². The number of thiophene rings is 1. The summed E-state index contributed by atoms with van der Waals surface area (Å²) >= 11 is 1.50. The van der Waals surface area contributed by atoms with Crippen molar-refractivity contribution in [2.24, 2.45) is 5.92 Å². The monoisotopic (exact) mass is 360 g/mol. The Kier molecular flexibility index (Phi) is 5.57. The zero-order valence-corrected chi connectivity index (χ0v) is 16.5. The fraction of sp³-hybridized carbons (Fsp3) is 0.632. The summed E-state index contributed by atoms with van der Waals surface area (Å²) < 4.78 is 0. The van der Waals surface area contributed by atoms with Crippen molar-refractivity contribution in [3.63, 3.8) is 0 Å². The van der Waals surface area contributed by atoms with Gasteiger partial charge in [-0.2, -0.15) is 0 Å². The molecule has 5 nitrogen and oxygen atoms in total. The first-order valence-corrected chi connectivity index (χ1v) is 10.1. The predicted molar refractivity (Wildman–Crippen MR) is 105 cm³/mol. The number of aromatic nitrogens is 2. The molecule has 0 bridgehead atoms. The number of piperidine rings is 1. The lowest BCUT2D eigenvalue weighted by molar-refractivity contribution is 0.0797. The number of hydrogen-bond acceptors (Lipinski definition) is 5. The fourth-order valence-electron chi connectivity index (χ4n) is 3.39. The van der Waals surface area contributed by atoms with Gasteiger partial charge in [-0.25, -0.2) is 9.97 Å². The molecule has 0 aromatic carbocycles. The molecule has 0 N–H and O–H groups in total. The van der Waals surface area contributed by atoms with E-state index in [0.717, 1.165) is 64.9 Å². The lowest BCUT2D eigenvalue weighted by atomic mass is 9.99. The molecule has 0 unspecified atom stereocenters. The number of hydrogen-bond donors (Lipinski definition) is 0. The quantitative estimate of drug-likeness (QED) is 0.805. The second-order valence-corrected chi connectivity index (χ2v) is 8.18. The van der Waals surface area contributed by atoms with E-state index in [4.69, 9.17) is 0 Å². The number of carbonyl (C=O) groups is 1. The minimum absolute atomic E-state index is 0.104. The molecule has 0 aliphatic carbocycles. The van der Waals surface area contributed by atoms with Crippen molar-refractivity contribution in [1.29, 1.82) is 0 Å². The molecule has 1 amide bonds. The predicted octanol–water partition coefficient (Wildman–Crippen LogP) is 4.11. The number of anilines is 1. The topological polar surface area (TPSA) is 49.3 Å². The van der Waals surface area contributed by atoms with E-state index in [1.165, 1.54) is 24.2 Å². The van der Waals surface area contributed by atoms with Gasteiger partial charge in [-0.05, 0) is 37.7 Å². The lowest BCUT2D eigenvalue weighted by Gasteiger charge is -2.31. The van der Waals surface area contributed by atoms with E-state index in [9.17, 15) is 4.79 Å². The van der Waals surface area contributed by atoms with Gasteiger partial charge in [-0.1, -0.05) is 20.3 Å². The number of fused-ring (bicyclic) bond motifs is 1. The van der Waals surface area contributed by atoms with Crippen molar-refractivity contribution < 1.29 is 4.79 Å². The van der Waals surface area contributed by atoms with Gasteiger partial charge in [0.25, 0.3) is 5.91 Å². The van der Waals surface area contributed by atoms with Crippen LogP contribution in [0.1, 0.15) is 54.8 Å². The van der Waals surface area contributed by atoms with Crippen LogP contribution in [0.2, 0.25) is 0 Å². The summed E-state index contributed by atoms with van der Waals surface area (Å²) in [6, 6.07) is 0. The van der Waals surface area contributed by atoms with Crippen LogP contribution in [0, 0.1) is 12.8 Å². The van der Waals surface area contributed by atoms with Crippen molar-refractivity contribution in [2.75, 3.05) is 31.6 Å². The third kappa shape index (κ3) is 3.64. The van der Waals surface area contributed by atoms with Crippen molar-refractivity contribution in [3.05, 3.63) is 16.8 Å². The van der Waals surface area contributed by atoms with Crippen LogP contribution >= 0.6 is 11.3 Å². The molecule has 0 radical (unpaired) electrons. The molecule has 1 saturated heterocycles. The van der Waals surface area contributed by atoms with Gasteiger partial charge in [-0.3, -0.25) is 4.79 Å². The minimum Gasteiger partial charge on any atom is -0.356 e. The molecule has 2 aromatic heterocycles. The molecule has 6 heteroatoms. The molecule has 3 heterocycles. The van der Waals surface area contributed by atoms with E-state index < -0.39 is 0 Å². The summed E-state index contributed by atoms with van der Waals surface area (Å²) in [5, 5.41) is 1.06. The number of amides is 1. The second kappa shape index (κ2) is 7.68. The Morgan fingerprint density at radius 1 is 1.36 bits per heavy atom. The van der Waals surface area contributed by atoms with Crippen LogP contribution in [-0.2, 0) is 0 Å². The van der Waals surface area contributed by atoms with Crippen LogP contribution < -0.4 is 4.90 Å². The van der Waals surface area contributed by atoms with Crippen LogP contribution in [0.25, 0.3) is 10.2 Å². The van der Waals surface area contributed by atoms with Crippen LogP contribution in [-0.4, -0.2) is 47.5 Å². The van der Waals surface area contributed by atoms with Gasteiger partial charge in [0.05, 0.1) is 10.3 Å². The van der Waals surface area contributed by atoms with E-state index in [0.29, 0.717) is 0 Å². The Morgan fingerprint density at radius 3 is 2.76 bits per heavy atom. The third-order valence-electron chi connectivity index (χ3n) is 5.18. The smallest absolute Gasteiger partial charge is 0.264 e. The highest BCUT2D eigenvalue weighted by Gasteiger charge is 2.25. The first kappa shape index (κ1) is 18.1. The van der Waals surface area contributed by atoms with Crippen molar-refractivity contribution in [3.8, 4) is 0 Å². The standard InChI is InChI=1S/C19H28N4OS/c1-5-6-9-22(4)19(24)16-14(3)15-17(20-12-21-18(15)25-16)23-10-7-13(2)8-11-23/h12-13H,5-11H2,1-4H3. The first-order valence-electron chi connectivity index (χ1n) is 9.27. The number of carbonyl (C=O) groups excluding carboxylic acids is 1. The molecule has 0 spiro atoms. The molecule has 1 aliphatic heterocycles. The summed E-state index contributed by atoms with van der Waals surface area (Å²) in [7, 11) is 1.89. The number of nitrogens with zero attached hydrogens (tertiary/aromatic N) is 4. The molecule has 1 fully saturated rings. The number of aryl methyl sites for hydroxylation is 1. The zero-order chi connectivity index (χ0) is 18.0. The molecule has 3 rings (SSSR count). The van der Waals surface area contributed by atoms with Gasteiger partial charge in [0, 0.05) is 26.7 Å². The maximum Gasteiger partial charge on any atom is 0.264 e. The van der Waals surface area contributed by atoms with Gasteiger partial charge >= 0.3 is 0 Å². The van der Waals surface area contributed by atoms with E-state index in [-0.39, 0.29) is 5.91 Å². The number of unbranched alkanes of at least 4 members (excludes halogenated alkanes) is 1. The summed E-state index contributed by atoms with van der Waals surface area (Å²) in [6.07, 6.45) is 6.15. The summed E-state index contributed by atoms with van der Waals surface area (Å²) in [6.45, 7) is 9.35. The third-order valence-corrected chi connectivity index (χ3v) is 6.37. The van der Waals surface area contributed by atoms with Gasteiger partial charge < -0.3 is 9.80 Å². The van der Waals surface area contributed by atoms with Crippen molar-refractivity contribution in [1.82, 2.24) is 14.9 Å². The van der Waals surface area contributed by atoms with E-state index in [1.54, 1.807) is 6.33 Å². The van der Waals surface area contributed by atoms with E-state index in [1.807, 2.05) is 18.9 Å². The largest absolute Gasteiger partial charge is 0.356 e. The Hall–Kier alpha value is -1.69. The molecule has 136 valence electrons. The summed E-state index contributed by atoms with van der Waals surface area (Å²) in [5.74, 6) is 1.88. The van der Waals surface area contributed by atoms with Crippen molar-refractivity contribution >= 4 is 33.3 Å². The molecular weight excluding hydrogens is 332 g/mol. The highest BCUT2D eigenvalue weighted by molar-refractivity contribution is 7.20. The fourth-order valence-corrected chi connectivity index (χ4v) is 4.53. The minimum atomic E-state index is 0.104. The SMILES string of the molecule is CCCCN(C)C(=O)c1sc2ncnc(N3CCC(C)CC3)c2c1C. The Morgan fingerprint density at radius 2 is 2.08 bits per heavy atom.